The van der Waals surface area contributed by atoms with E-state index in [4.69, 9.17) is 51.1 Å². The van der Waals surface area contributed by atoms with Crippen molar-refractivity contribution >= 4 is 73.0 Å². The fourth-order valence-electron chi connectivity index (χ4n) is 2.99. The number of nitrogens with zero attached hydrogens (tertiary/aromatic N) is 1. The Labute approximate surface area is 204 Å². The van der Waals surface area contributed by atoms with Crippen LogP contribution < -0.4 is 9.46 Å². The second kappa shape index (κ2) is 9.33. The molecular weight excluding hydrogens is 514 g/mol. The molecule has 3 aromatic carbocycles. The first kappa shape index (κ1) is 23.0. The van der Waals surface area contributed by atoms with Crippen molar-refractivity contribution in [3.8, 4) is 5.75 Å². The Morgan fingerprint density at radius 3 is 2.31 bits per heavy atom. The Bertz CT molecular complexity index is 1410. The molecule has 0 atom stereocenters. The minimum absolute atomic E-state index is 0.00351. The van der Waals surface area contributed by atoms with Crippen molar-refractivity contribution in [1.29, 1.82) is 0 Å². The number of benzene rings is 3. The van der Waals surface area contributed by atoms with Crippen LogP contribution in [-0.2, 0) is 16.6 Å². The molecule has 4 aromatic rings. The zero-order valence-corrected chi connectivity index (χ0v) is 20.0. The molecule has 0 aliphatic carbocycles. The quantitative estimate of drug-likeness (QED) is 0.287. The number of para-hydroxylation sites is 1. The predicted octanol–water partition coefficient (Wildman–Crippen LogP) is 7.23. The Hall–Kier alpha value is -2.22. The van der Waals surface area contributed by atoms with Gasteiger partial charge in [0.1, 0.15) is 17.3 Å². The number of hydrogen-bond donors (Lipinski definition) is 1. The molecule has 0 unspecified atom stereocenters. The molecule has 0 fully saturated rings. The highest BCUT2D eigenvalue weighted by Crippen LogP contribution is 2.33. The maximum atomic E-state index is 12.7. The molecule has 0 saturated carbocycles. The summed E-state index contributed by atoms with van der Waals surface area (Å²) in [4.78, 5) is 4.23. The zero-order valence-electron chi connectivity index (χ0n) is 16.2. The van der Waals surface area contributed by atoms with E-state index < -0.39 is 10.0 Å². The summed E-state index contributed by atoms with van der Waals surface area (Å²) in [6.45, 7) is 0.0771. The van der Waals surface area contributed by atoms with Gasteiger partial charge in [0.25, 0.3) is 10.0 Å². The third-order valence-corrected chi connectivity index (χ3v) is 7.30. The van der Waals surface area contributed by atoms with Crippen LogP contribution >= 0.6 is 46.4 Å². The molecule has 164 valence electrons. The van der Waals surface area contributed by atoms with Crippen LogP contribution in [0.2, 0.25) is 20.1 Å². The number of hydrogen-bond acceptors (Lipinski definition) is 4. The van der Waals surface area contributed by atoms with E-state index in [-0.39, 0.29) is 32.3 Å². The van der Waals surface area contributed by atoms with Gasteiger partial charge in [0, 0.05) is 16.0 Å². The summed E-state index contributed by atoms with van der Waals surface area (Å²) >= 11 is 24.6. The number of ether oxygens (including phenoxy) is 1. The van der Waals surface area contributed by atoms with Gasteiger partial charge in [-0.15, -0.1) is 0 Å². The lowest BCUT2D eigenvalue weighted by Gasteiger charge is -2.14. The van der Waals surface area contributed by atoms with Gasteiger partial charge < -0.3 is 4.74 Å². The van der Waals surface area contributed by atoms with Gasteiger partial charge >= 0.3 is 0 Å². The molecule has 0 radical (unpaired) electrons. The average Bonchev–Trinajstić information content (AvgIpc) is 2.72. The van der Waals surface area contributed by atoms with E-state index in [0.29, 0.717) is 16.3 Å². The lowest BCUT2D eigenvalue weighted by Crippen LogP contribution is -2.13. The molecule has 1 heterocycles. The highest BCUT2D eigenvalue weighted by atomic mass is 35.5. The smallest absolute Gasteiger partial charge is 0.263 e. The Morgan fingerprint density at radius 1 is 0.875 bits per heavy atom. The van der Waals surface area contributed by atoms with Gasteiger partial charge in [0.15, 0.2) is 0 Å². The summed E-state index contributed by atoms with van der Waals surface area (Å²) in [7, 11) is -3.98. The lowest BCUT2D eigenvalue weighted by molar-refractivity contribution is 0.306. The molecule has 1 N–H and O–H groups in total. The summed E-state index contributed by atoms with van der Waals surface area (Å²) in [6.07, 6.45) is 1.61. The van der Waals surface area contributed by atoms with E-state index >= 15 is 0 Å². The van der Waals surface area contributed by atoms with Gasteiger partial charge in [-0.3, -0.25) is 9.71 Å². The van der Waals surface area contributed by atoms with E-state index in [0.717, 1.165) is 10.9 Å². The maximum Gasteiger partial charge on any atom is 0.263 e. The predicted molar refractivity (Wildman–Crippen MR) is 130 cm³/mol. The van der Waals surface area contributed by atoms with Gasteiger partial charge in [-0.1, -0.05) is 64.6 Å². The third-order valence-electron chi connectivity index (χ3n) is 4.53. The van der Waals surface area contributed by atoms with Crippen molar-refractivity contribution in [1.82, 2.24) is 4.98 Å². The first-order valence-corrected chi connectivity index (χ1v) is 12.2. The van der Waals surface area contributed by atoms with Crippen LogP contribution in [0.15, 0.2) is 71.8 Å². The van der Waals surface area contributed by atoms with E-state index in [1.807, 2.05) is 30.3 Å². The molecule has 0 spiro atoms. The van der Waals surface area contributed by atoms with Crippen LogP contribution in [0.3, 0.4) is 0 Å². The summed E-state index contributed by atoms with van der Waals surface area (Å²) < 4.78 is 33.6. The Morgan fingerprint density at radius 2 is 1.59 bits per heavy atom. The molecule has 0 saturated heterocycles. The van der Waals surface area contributed by atoms with Crippen molar-refractivity contribution in [2.24, 2.45) is 0 Å². The topological polar surface area (TPSA) is 68.3 Å². The minimum atomic E-state index is -3.98. The van der Waals surface area contributed by atoms with E-state index in [2.05, 4.69) is 9.71 Å². The van der Waals surface area contributed by atoms with Gasteiger partial charge in [0.05, 0.1) is 32.5 Å². The molecule has 32 heavy (non-hydrogen) atoms. The number of nitrogens with one attached hydrogen (secondary N) is 1. The van der Waals surface area contributed by atoms with E-state index in [1.54, 1.807) is 6.20 Å². The first-order chi connectivity index (χ1) is 15.2. The number of aromatic nitrogens is 1. The zero-order chi connectivity index (χ0) is 22.9. The van der Waals surface area contributed by atoms with Gasteiger partial charge in [0.2, 0.25) is 0 Å². The second-order valence-corrected chi connectivity index (χ2v) is 10.1. The average molecular weight is 528 g/mol. The molecule has 0 bridgehead atoms. The van der Waals surface area contributed by atoms with Crippen molar-refractivity contribution in [3.05, 3.63) is 92.5 Å². The maximum absolute atomic E-state index is 12.7. The van der Waals surface area contributed by atoms with Crippen molar-refractivity contribution in [3.63, 3.8) is 0 Å². The molecule has 5 nitrogen and oxygen atoms in total. The largest absolute Gasteiger partial charge is 0.487 e. The summed E-state index contributed by atoms with van der Waals surface area (Å²) in [5.41, 5.74) is 1.55. The molecule has 4 rings (SSSR count). The fraction of sp³-hybridized carbons (Fsp3) is 0.0455. The van der Waals surface area contributed by atoms with Gasteiger partial charge in [-0.25, -0.2) is 8.42 Å². The van der Waals surface area contributed by atoms with Crippen LogP contribution in [0.1, 0.15) is 5.56 Å². The minimum Gasteiger partial charge on any atom is -0.487 e. The molecule has 0 aliphatic heterocycles. The van der Waals surface area contributed by atoms with Crippen molar-refractivity contribution in [2.45, 2.75) is 11.5 Å². The SMILES string of the molecule is O=S(=O)(Nc1cc(Cl)c(COc2cnc3ccccc3c2)c(Cl)c1)c1ccc(Cl)cc1Cl. The highest BCUT2D eigenvalue weighted by Gasteiger charge is 2.20. The summed E-state index contributed by atoms with van der Waals surface area (Å²) in [5, 5.41) is 1.74. The van der Waals surface area contributed by atoms with Crippen molar-refractivity contribution < 1.29 is 13.2 Å². The molecule has 0 amide bonds. The van der Waals surface area contributed by atoms with Crippen LogP contribution in [0.4, 0.5) is 5.69 Å². The molecule has 10 heteroatoms. The number of fused-ring (bicyclic) bond motifs is 1. The molecule has 1 aromatic heterocycles. The normalized spacial score (nSPS) is 11.5. The number of anilines is 1. The molecular formula is C22H14Cl4N2O3S. The van der Waals surface area contributed by atoms with Crippen LogP contribution in [0.5, 0.6) is 5.75 Å². The van der Waals surface area contributed by atoms with Gasteiger partial charge in [-0.05, 0) is 42.5 Å². The van der Waals surface area contributed by atoms with Crippen LogP contribution in [0, 0.1) is 0 Å². The number of pyridine rings is 1. The number of rotatable bonds is 6. The fourth-order valence-corrected chi connectivity index (χ4v) is 5.40. The highest BCUT2D eigenvalue weighted by molar-refractivity contribution is 7.92. The van der Waals surface area contributed by atoms with E-state index in [9.17, 15) is 8.42 Å². The van der Waals surface area contributed by atoms with Crippen molar-refractivity contribution in [2.75, 3.05) is 4.72 Å². The standard InChI is InChI=1S/C22H14Cl4N2O3S/c23-14-5-6-22(20(26)8-14)32(29,30)28-15-9-18(24)17(19(25)10-15)12-31-16-7-13-3-1-2-4-21(13)27-11-16/h1-11,28H,12H2. The first-order valence-electron chi connectivity index (χ1n) is 9.16. The Kier molecular flexibility index (Phi) is 6.70. The summed E-state index contributed by atoms with van der Waals surface area (Å²) in [6, 6.07) is 16.5. The monoisotopic (exact) mass is 526 g/mol. The third kappa shape index (κ3) is 5.05. The second-order valence-electron chi connectivity index (χ2n) is 6.75. The number of halogens is 4. The Balaban J connectivity index is 1.53. The van der Waals surface area contributed by atoms with Crippen LogP contribution in [-0.4, -0.2) is 13.4 Å². The van der Waals surface area contributed by atoms with E-state index in [1.165, 1.54) is 30.3 Å². The number of sulfonamides is 1. The molecule has 0 aliphatic rings. The lowest BCUT2D eigenvalue weighted by atomic mass is 10.2. The van der Waals surface area contributed by atoms with Gasteiger partial charge in [-0.2, -0.15) is 0 Å². The van der Waals surface area contributed by atoms with Crippen LogP contribution in [0.25, 0.3) is 10.9 Å². The summed E-state index contributed by atoms with van der Waals surface area (Å²) in [5.74, 6) is 0.554.